The van der Waals surface area contributed by atoms with E-state index in [1.165, 1.54) is 0 Å². The molecule has 1 aromatic heterocycles. The van der Waals surface area contributed by atoms with Crippen LogP contribution < -0.4 is 0 Å². The van der Waals surface area contributed by atoms with Crippen LogP contribution >= 0.6 is 18.4 Å². The van der Waals surface area contributed by atoms with Gasteiger partial charge in [-0.15, -0.1) is 0 Å². The number of hydrogen-bond acceptors (Lipinski definition) is 2. The highest BCUT2D eigenvalue weighted by Crippen LogP contribution is 2.23. The van der Waals surface area contributed by atoms with E-state index in [1.807, 2.05) is 36.1 Å². The van der Waals surface area contributed by atoms with Crippen LogP contribution in [0, 0.1) is 0 Å². The van der Waals surface area contributed by atoms with Crippen LogP contribution in [0.25, 0.3) is 11.0 Å². The lowest BCUT2D eigenvalue weighted by atomic mass is 10.2. The minimum absolute atomic E-state index is 0.775. The second-order valence-electron chi connectivity index (χ2n) is 2.23. The molecule has 0 aliphatic rings. The van der Waals surface area contributed by atoms with Gasteiger partial charge in [-0.25, -0.2) is 0 Å². The van der Waals surface area contributed by atoms with Gasteiger partial charge in [0.15, 0.2) is 11.4 Å². The predicted octanol–water partition coefficient (Wildman–Crippen LogP) is 3.94. The van der Waals surface area contributed by atoms with Crippen molar-refractivity contribution in [1.82, 2.24) is 0 Å². The van der Waals surface area contributed by atoms with Crippen LogP contribution in [0.15, 0.2) is 40.3 Å². The number of para-hydroxylation sites is 1. The Labute approximate surface area is 70.1 Å². The summed E-state index contributed by atoms with van der Waals surface area (Å²) in [5.74, 6) is 1.94. The Kier molecular flexibility index (Phi) is 1.72. The van der Waals surface area contributed by atoms with Crippen LogP contribution in [-0.2, 0) is 0 Å². The Balaban J connectivity index is 2.94. The van der Waals surface area contributed by atoms with Crippen LogP contribution in [0.2, 0.25) is 0 Å². The molecular formula is C8H6OPS+. The molecule has 11 heavy (non-hydrogen) atoms. The summed E-state index contributed by atoms with van der Waals surface area (Å²) in [7, 11) is 0. The first-order valence-electron chi connectivity index (χ1n) is 3.28. The lowest BCUT2D eigenvalue weighted by molar-refractivity contribution is 0.748. The first-order valence-corrected chi connectivity index (χ1v) is 5.62. The van der Waals surface area contributed by atoms with Crippen LogP contribution in [0.5, 0.6) is 0 Å². The molecule has 0 spiro atoms. The molecule has 3 heteroatoms. The van der Waals surface area contributed by atoms with Gasteiger partial charge in [-0.1, -0.05) is 18.2 Å². The largest absolute Gasteiger partial charge is 0.419 e. The Morgan fingerprint density at radius 2 is 2.00 bits per heavy atom. The van der Waals surface area contributed by atoms with Crippen LogP contribution in [0.4, 0.5) is 0 Å². The molecule has 1 heterocycles. The Morgan fingerprint density at radius 1 is 1.18 bits per heavy atom. The maximum absolute atomic E-state index is 5.42. The summed E-state index contributed by atoms with van der Waals surface area (Å²) in [6, 6.07) is 9.93. The van der Waals surface area contributed by atoms with Crippen molar-refractivity contribution in [2.24, 2.45) is 0 Å². The second-order valence-corrected chi connectivity index (χ2v) is 4.36. The number of rotatable bonds is 0. The summed E-state index contributed by atoms with van der Waals surface area (Å²) >= 11 is 5.02. The summed E-state index contributed by atoms with van der Waals surface area (Å²) in [4.78, 5) is 0. The molecule has 0 aliphatic heterocycles. The van der Waals surface area contributed by atoms with Gasteiger partial charge in [0.05, 0.1) is 0 Å². The Hall–Kier alpha value is -0.720. The molecule has 1 nitrogen and oxygen atoms in total. The summed E-state index contributed by atoms with van der Waals surface area (Å²) in [5, 5.41) is 1.12. The van der Waals surface area contributed by atoms with Crippen LogP contribution in [-0.4, -0.2) is 0 Å². The van der Waals surface area contributed by atoms with E-state index in [2.05, 4.69) is 0 Å². The molecule has 2 rings (SSSR count). The first-order chi connectivity index (χ1) is 5.36. The molecule has 0 saturated carbocycles. The quantitative estimate of drug-likeness (QED) is 0.610. The van der Waals surface area contributed by atoms with Gasteiger partial charge in [0, 0.05) is 5.39 Å². The van der Waals surface area contributed by atoms with Crippen LogP contribution in [0.1, 0.15) is 0 Å². The standard InChI is InChI=1S/C8H6OPS/c11-10-6-5-7-3-1-2-4-8(7)9-10/h1-6H/q+1. The molecular weight excluding hydrogens is 175 g/mol. The highest BCUT2D eigenvalue weighted by Gasteiger charge is 1.98. The lowest BCUT2D eigenvalue weighted by Gasteiger charge is -1.86. The van der Waals surface area contributed by atoms with Gasteiger partial charge in [0.2, 0.25) is 11.8 Å². The van der Waals surface area contributed by atoms with E-state index >= 15 is 0 Å². The first kappa shape index (κ1) is 6.96. The van der Waals surface area contributed by atoms with E-state index < -0.39 is 6.55 Å². The summed E-state index contributed by atoms with van der Waals surface area (Å²) < 4.78 is 5.42. The molecule has 2 aromatic rings. The molecule has 0 N–H and O–H groups in total. The average Bonchev–Trinajstić information content (AvgIpc) is 2.04. The monoisotopic (exact) mass is 181 g/mol. The van der Waals surface area contributed by atoms with Gasteiger partial charge in [0.1, 0.15) is 0 Å². The van der Waals surface area contributed by atoms with Crippen molar-refractivity contribution in [3.63, 3.8) is 0 Å². The fourth-order valence-corrected chi connectivity index (χ4v) is 2.10. The van der Waals surface area contributed by atoms with Crippen LogP contribution in [0.3, 0.4) is 0 Å². The molecule has 1 unspecified atom stereocenters. The maximum atomic E-state index is 5.42. The zero-order valence-corrected chi connectivity index (χ0v) is 7.44. The third-order valence-corrected chi connectivity index (χ3v) is 2.84. The van der Waals surface area contributed by atoms with E-state index in [4.69, 9.17) is 16.0 Å². The number of hydrogen-bond donors (Lipinski definition) is 0. The summed E-state index contributed by atoms with van der Waals surface area (Å²) in [6.45, 7) is -0.775. The average molecular weight is 181 g/mol. The molecule has 1 aromatic carbocycles. The third-order valence-electron chi connectivity index (χ3n) is 1.48. The minimum atomic E-state index is -0.775. The van der Waals surface area contributed by atoms with Crippen molar-refractivity contribution < 1.29 is 4.20 Å². The van der Waals surface area contributed by atoms with E-state index in [0.29, 0.717) is 0 Å². The molecule has 0 fully saturated rings. The Morgan fingerprint density at radius 3 is 2.91 bits per heavy atom. The number of fused-ring (bicyclic) bond motifs is 1. The minimum Gasteiger partial charge on any atom is -0.271 e. The van der Waals surface area contributed by atoms with Gasteiger partial charge in [-0.3, -0.25) is 4.20 Å². The zero-order valence-electron chi connectivity index (χ0n) is 5.73. The van der Waals surface area contributed by atoms with Crippen molar-refractivity contribution in [2.45, 2.75) is 0 Å². The molecule has 0 bridgehead atoms. The van der Waals surface area contributed by atoms with Gasteiger partial charge >= 0.3 is 6.55 Å². The third kappa shape index (κ3) is 1.32. The normalized spacial score (nSPS) is 11.8. The van der Waals surface area contributed by atoms with Crippen molar-refractivity contribution in [2.75, 3.05) is 0 Å². The Bertz CT molecular complexity index is 435. The van der Waals surface area contributed by atoms with Crippen molar-refractivity contribution in [3.05, 3.63) is 36.1 Å². The topological polar surface area (TPSA) is 13.1 Å². The molecule has 0 saturated heterocycles. The maximum Gasteiger partial charge on any atom is 0.419 e. The zero-order chi connectivity index (χ0) is 7.68. The molecule has 0 amide bonds. The highest BCUT2D eigenvalue weighted by atomic mass is 32.4. The van der Waals surface area contributed by atoms with Gasteiger partial charge in [0.25, 0.3) is 0 Å². The molecule has 0 aliphatic carbocycles. The highest BCUT2D eigenvalue weighted by molar-refractivity contribution is 8.12. The van der Waals surface area contributed by atoms with Gasteiger partial charge in [-0.2, -0.15) is 0 Å². The van der Waals surface area contributed by atoms with E-state index in [-0.39, 0.29) is 0 Å². The van der Waals surface area contributed by atoms with Crippen molar-refractivity contribution >= 4 is 29.3 Å². The predicted molar refractivity (Wildman–Crippen MR) is 50.7 cm³/mol. The fraction of sp³-hybridized carbons (Fsp3) is 0. The fourth-order valence-electron chi connectivity index (χ4n) is 0.970. The molecule has 1 atom stereocenters. The van der Waals surface area contributed by atoms with Gasteiger partial charge < -0.3 is 0 Å². The lowest BCUT2D eigenvalue weighted by Crippen LogP contribution is -1.64. The SMILES string of the molecule is S=[p+]1ccc2ccccc2o1. The van der Waals surface area contributed by atoms with E-state index in [0.717, 1.165) is 11.0 Å². The summed E-state index contributed by atoms with van der Waals surface area (Å²) in [6.07, 6.45) is 0. The van der Waals surface area contributed by atoms with Gasteiger partial charge in [-0.05, 0) is 12.1 Å². The number of benzene rings is 1. The summed E-state index contributed by atoms with van der Waals surface area (Å²) in [5.41, 5.74) is 0.913. The smallest absolute Gasteiger partial charge is 0.271 e. The van der Waals surface area contributed by atoms with E-state index in [1.54, 1.807) is 0 Å². The van der Waals surface area contributed by atoms with E-state index in [9.17, 15) is 0 Å². The molecule has 54 valence electrons. The molecule has 0 radical (unpaired) electrons. The van der Waals surface area contributed by atoms with Crippen molar-refractivity contribution in [1.29, 1.82) is 0 Å². The van der Waals surface area contributed by atoms with Crippen molar-refractivity contribution in [3.8, 4) is 0 Å². The second kappa shape index (κ2) is 2.72.